The summed E-state index contributed by atoms with van der Waals surface area (Å²) in [5.74, 6) is -2.84. The Morgan fingerprint density at radius 2 is 2.14 bits per heavy atom. The minimum absolute atomic E-state index is 0.0706. The lowest BCUT2D eigenvalue weighted by molar-refractivity contribution is -0.0606. The largest absolute Gasteiger partial charge is 0.396 e. The summed E-state index contributed by atoms with van der Waals surface area (Å²) in [6, 6.07) is 8.14. The summed E-state index contributed by atoms with van der Waals surface area (Å²) in [5.41, 5.74) is 3.35. The van der Waals surface area contributed by atoms with E-state index < -0.39 is 19.0 Å². The highest BCUT2D eigenvalue weighted by Gasteiger charge is 2.35. The molecule has 0 fully saturated rings. The molecule has 0 bridgehead atoms. The maximum absolute atomic E-state index is 13.8. The summed E-state index contributed by atoms with van der Waals surface area (Å²) in [4.78, 5) is 5.15. The van der Waals surface area contributed by atoms with Crippen molar-refractivity contribution in [3.63, 3.8) is 0 Å². The van der Waals surface area contributed by atoms with Crippen LogP contribution in [0.5, 0.6) is 0 Å². The predicted octanol–water partition coefficient (Wildman–Crippen LogP) is 2.93. The van der Waals surface area contributed by atoms with Gasteiger partial charge >= 0.3 is 0 Å². The van der Waals surface area contributed by atoms with E-state index in [0.29, 0.717) is 6.54 Å². The number of aromatic nitrogens is 1. The molecule has 2 aromatic rings. The van der Waals surface area contributed by atoms with Gasteiger partial charge in [0.05, 0.1) is 6.54 Å². The summed E-state index contributed by atoms with van der Waals surface area (Å²) in [7, 11) is 0. The molecule has 1 atom stereocenters. The number of nitrogens with one attached hydrogen (secondary N) is 1. The maximum Gasteiger partial charge on any atom is 0.262 e. The van der Waals surface area contributed by atoms with Gasteiger partial charge in [-0.15, -0.1) is 0 Å². The molecule has 3 nitrogen and oxygen atoms in total. The van der Waals surface area contributed by atoms with Gasteiger partial charge in [0.1, 0.15) is 0 Å². The van der Waals surface area contributed by atoms with Gasteiger partial charge in [-0.3, -0.25) is 4.90 Å². The number of alkyl halides is 2. The van der Waals surface area contributed by atoms with Gasteiger partial charge in [0.2, 0.25) is 0 Å². The highest BCUT2D eigenvalue weighted by molar-refractivity contribution is 5.84. The van der Waals surface area contributed by atoms with E-state index in [1.165, 1.54) is 10.9 Å². The fourth-order valence-corrected chi connectivity index (χ4v) is 3.16. The van der Waals surface area contributed by atoms with E-state index in [2.05, 4.69) is 11.1 Å². The minimum atomic E-state index is -2.84. The molecular formula is C16H20F2N2O. The van der Waals surface area contributed by atoms with Crippen molar-refractivity contribution in [3.05, 3.63) is 35.5 Å². The van der Waals surface area contributed by atoms with Crippen molar-refractivity contribution in [1.29, 1.82) is 0 Å². The van der Waals surface area contributed by atoms with Crippen LogP contribution in [0.2, 0.25) is 0 Å². The fraction of sp³-hybridized carbons (Fsp3) is 0.500. The maximum atomic E-state index is 13.8. The van der Waals surface area contributed by atoms with Crippen LogP contribution in [-0.2, 0) is 13.0 Å². The summed E-state index contributed by atoms with van der Waals surface area (Å²) in [6.45, 7) is 1.71. The van der Waals surface area contributed by atoms with E-state index >= 15 is 0 Å². The molecule has 1 aromatic carbocycles. The van der Waals surface area contributed by atoms with Gasteiger partial charge in [0.15, 0.2) is 0 Å². The van der Waals surface area contributed by atoms with Crippen LogP contribution in [-0.4, -0.2) is 40.1 Å². The molecule has 114 valence electrons. The number of aromatic amines is 1. The van der Waals surface area contributed by atoms with Gasteiger partial charge in [-0.2, -0.15) is 0 Å². The van der Waals surface area contributed by atoms with E-state index in [1.54, 1.807) is 4.90 Å². The monoisotopic (exact) mass is 294 g/mol. The van der Waals surface area contributed by atoms with Crippen LogP contribution in [0.3, 0.4) is 0 Å². The van der Waals surface area contributed by atoms with E-state index in [9.17, 15) is 8.78 Å². The molecule has 5 heteroatoms. The molecule has 2 N–H and O–H groups in total. The van der Waals surface area contributed by atoms with Gasteiger partial charge in [-0.1, -0.05) is 18.2 Å². The number of fused-ring (bicyclic) bond motifs is 3. The van der Waals surface area contributed by atoms with E-state index in [-0.39, 0.29) is 12.6 Å². The molecule has 3 rings (SSSR count). The quantitative estimate of drug-likeness (QED) is 0.910. The normalized spacial score (nSPS) is 19.9. The molecule has 0 saturated heterocycles. The van der Waals surface area contributed by atoms with Gasteiger partial charge in [0, 0.05) is 42.2 Å². The number of halogens is 2. The van der Waals surface area contributed by atoms with Crippen molar-refractivity contribution < 1.29 is 13.9 Å². The molecule has 0 radical (unpaired) electrons. The number of para-hydroxylation sites is 1. The van der Waals surface area contributed by atoms with E-state index in [4.69, 9.17) is 5.11 Å². The van der Waals surface area contributed by atoms with Crippen LogP contribution in [0.4, 0.5) is 8.78 Å². The Morgan fingerprint density at radius 3 is 2.90 bits per heavy atom. The van der Waals surface area contributed by atoms with Crippen molar-refractivity contribution in [2.24, 2.45) is 0 Å². The molecular weight excluding hydrogens is 274 g/mol. The van der Waals surface area contributed by atoms with Crippen LogP contribution in [0, 0.1) is 0 Å². The van der Waals surface area contributed by atoms with Crippen molar-refractivity contribution in [2.75, 3.05) is 13.2 Å². The Labute approximate surface area is 122 Å². The Hall–Kier alpha value is -1.46. The van der Waals surface area contributed by atoms with Gasteiger partial charge in [-0.05, 0) is 25.0 Å². The second-order valence-corrected chi connectivity index (χ2v) is 5.92. The van der Waals surface area contributed by atoms with Crippen LogP contribution >= 0.6 is 0 Å². The second-order valence-electron chi connectivity index (χ2n) is 5.92. The zero-order valence-corrected chi connectivity index (χ0v) is 12.1. The second kappa shape index (κ2) is 5.39. The van der Waals surface area contributed by atoms with Gasteiger partial charge in [-0.25, -0.2) is 8.78 Å². The number of hydrogen-bond donors (Lipinski definition) is 2. The predicted molar refractivity (Wildman–Crippen MR) is 78.5 cm³/mol. The standard InChI is InChI=1S/C16H20F2N2O/c1-11-8-13-12-4-2-3-5-14(12)19-15(13)9-20(11)10-16(17,18)6-7-21/h2-5,11,19,21H,6-10H2,1H3. The van der Waals surface area contributed by atoms with Crippen LogP contribution in [0.15, 0.2) is 24.3 Å². The van der Waals surface area contributed by atoms with Crippen molar-refractivity contribution in [2.45, 2.75) is 38.3 Å². The Balaban J connectivity index is 1.85. The van der Waals surface area contributed by atoms with Crippen molar-refractivity contribution in [1.82, 2.24) is 9.88 Å². The summed E-state index contributed by atoms with van der Waals surface area (Å²) in [6.07, 6.45) is 0.296. The summed E-state index contributed by atoms with van der Waals surface area (Å²) < 4.78 is 27.5. The third kappa shape index (κ3) is 2.80. The smallest absolute Gasteiger partial charge is 0.262 e. The molecule has 0 spiro atoms. The van der Waals surface area contributed by atoms with Crippen molar-refractivity contribution in [3.8, 4) is 0 Å². The molecule has 0 saturated carbocycles. The molecule has 0 amide bonds. The average molecular weight is 294 g/mol. The number of hydrogen-bond acceptors (Lipinski definition) is 2. The molecule has 1 aromatic heterocycles. The van der Waals surface area contributed by atoms with Crippen molar-refractivity contribution >= 4 is 10.9 Å². The molecule has 21 heavy (non-hydrogen) atoms. The zero-order valence-electron chi connectivity index (χ0n) is 12.1. The number of nitrogens with zero attached hydrogens (tertiary/aromatic N) is 1. The fourth-order valence-electron chi connectivity index (χ4n) is 3.16. The lowest BCUT2D eigenvalue weighted by atomic mass is 9.97. The Kier molecular flexibility index (Phi) is 3.71. The lowest BCUT2D eigenvalue weighted by Gasteiger charge is -2.35. The highest BCUT2D eigenvalue weighted by atomic mass is 19.3. The molecule has 0 aliphatic carbocycles. The molecule has 2 heterocycles. The Morgan fingerprint density at radius 1 is 1.38 bits per heavy atom. The van der Waals surface area contributed by atoms with Gasteiger partial charge in [0.25, 0.3) is 5.92 Å². The molecule has 1 aliphatic heterocycles. The summed E-state index contributed by atoms with van der Waals surface area (Å²) in [5, 5.41) is 9.94. The first-order valence-corrected chi connectivity index (χ1v) is 7.31. The third-order valence-electron chi connectivity index (χ3n) is 4.30. The first kappa shape index (κ1) is 14.5. The number of aliphatic hydroxyl groups excluding tert-OH is 1. The van der Waals surface area contributed by atoms with E-state index in [0.717, 1.165) is 17.6 Å². The molecule has 1 aliphatic rings. The third-order valence-corrected chi connectivity index (χ3v) is 4.30. The van der Waals surface area contributed by atoms with E-state index in [1.807, 2.05) is 25.1 Å². The number of aliphatic hydroxyl groups is 1. The molecule has 1 unspecified atom stereocenters. The van der Waals surface area contributed by atoms with Crippen LogP contribution in [0.25, 0.3) is 10.9 Å². The van der Waals surface area contributed by atoms with Crippen LogP contribution < -0.4 is 0 Å². The van der Waals surface area contributed by atoms with Gasteiger partial charge < -0.3 is 10.1 Å². The lowest BCUT2D eigenvalue weighted by Crippen LogP contribution is -2.45. The Bertz CT molecular complexity index is 638. The average Bonchev–Trinajstić information content (AvgIpc) is 2.76. The van der Waals surface area contributed by atoms with Crippen LogP contribution in [0.1, 0.15) is 24.6 Å². The topological polar surface area (TPSA) is 39.3 Å². The zero-order chi connectivity index (χ0) is 15.0. The first-order valence-electron chi connectivity index (χ1n) is 7.31. The number of benzene rings is 1. The number of H-pyrrole nitrogens is 1. The minimum Gasteiger partial charge on any atom is -0.396 e. The summed E-state index contributed by atoms with van der Waals surface area (Å²) >= 11 is 0. The highest BCUT2D eigenvalue weighted by Crippen LogP contribution is 2.32. The first-order chi connectivity index (χ1) is 10.00. The SMILES string of the molecule is CC1Cc2c([nH]c3ccccc23)CN1CC(F)(F)CCO. The number of rotatable bonds is 4.